The molecule has 1 N–H and O–H groups in total. The third-order valence-electron chi connectivity index (χ3n) is 2.83. The lowest BCUT2D eigenvalue weighted by Crippen LogP contribution is -2.17. The first kappa shape index (κ1) is 14.5. The summed E-state index contributed by atoms with van der Waals surface area (Å²) in [6.07, 6.45) is 1.49. The Morgan fingerprint density at radius 2 is 2.30 bits per heavy atom. The zero-order valence-corrected chi connectivity index (χ0v) is 11.8. The first-order chi connectivity index (χ1) is 9.52. The van der Waals surface area contributed by atoms with Crippen molar-refractivity contribution in [3.05, 3.63) is 45.4 Å². The van der Waals surface area contributed by atoms with E-state index in [1.807, 2.05) is 13.8 Å². The van der Waals surface area contributed by atoms with Gasteiger partial charge in [0.2, 0.25) is 5.89 Å². The van der Waals surface area contributed by atoms with Gasteiger partial charge in [0.15, 0.2) is 5.76 Å². The van der Waals surface area contributed by atoms with Gasteiger partial charge < -0.3 is 9.73 Å². The van der Waals surface area contributed by atoms with Crippen molar-refractivity contribution in [3.8, 4) is 11.3 Å². The Hall–Kier alpha value is -1.92. The highest BCUT2D eigenvalue weighted by molar-refractivity contribution is 6.30. The maximum absolute atomic E-state index is 11.1. The lowest BCUT2D eigenvalue weighted by Gasteiger charge is -2.06. The van der Waals surface area contributed by atoms with Crippen LogP contribution in [0.25, 0.3) is 11.3 Å². The lowest BCUT2D eigenvalue weighted by atomic mass is 10.1. The van der Waals surface area contributed by atoms with E-state index in [4.69, 9.17) is 16.0 Å². The van der Waals surface area contributed by atoms with E-state index in [9.17, 15) is 10.1 Å². The van der Waals surface area contributed by atoms with Crippen LogP contribution >= 0.6 is 11.6 Å². The molecule has 1 heterocycles. The van der Waals surface area contributed by atoms with E-state index in [0.29, 0.717) is 22.2 Å². The quantitative estimate of drug-likeness (QED) is 0.673. The fraction of sp³-hybridized carbons (Fsp3) is 0.308. The number of aromatic nitrogens is 1. The van der Waals surface area contributed by atoms with Gasteiger partial charge in [-0.15, -0.1) is 0 Å². The molecule has 0 aliphatic rings. The molecule has 0 amide bonds. The number of nitrogens with one attached hydrogen (secondary N) is 1. The molecule has 0 aliphatic heterocycles. The number of nitro groups is 1. The number of halogens is 1. The predicted molar refractivity (Wildman–Crippen MR) is 75.7 cm³/mol. The van der Waals surface area contributed by atoms with Gasteiger partial charge in [-0.3, -0.25) is 10.1 Å². The minimum absolute atomic E-state index is 0.0555. The SMILES string of the molecule is CCNC(C)c1ncc(-c2ccc(Cl)cc2[N+](=O)[O-])o1. The fourth-order valence-electron chi connectivity index (χ4n) is 1.87. The van der Waals surface area contributed by atoms with Gasteiger partial charge in [0.05, 0.1) is 22.7 Å². The fourth-order valence-corrected chi connectivity index (χ4v) is 2.04. The largest absolute Gasteiger partial charge is 0.439 e. The van der Waals surface area contributed by atoms with Crippen molar-refractivity contribution in [2.75, 3.05) is 6.54 Å². The summed E-state index contributed by atoms with van der Waals surface area (Å²) in [7, 11) is 0. The van der Waals surface area contributed by atoms with E-state index < -0.39 is 4.92 Å². The first-order valence-electron chi connectivity index (χ1n) is 6.16. The van der Waals surface area contributed by atoms with Crippen molar-refractivity contribution in [1.82, 2.24) is 10.3 Å². The molecular formula is C13H14ClN3O3. The number of nitrogens with zero attached hydrogens (tertiary/aromatic N) is 2. The smallest absolute Gasteiger partial charge is 0.281 e. The van der Waals surface area contributed by atoms with Gasteiger partial charge in [0, 0.05) is 11.1 Å². The monoisotopic (exact) mass is 295 g/mol. The summed E-state index contributed by atoms with van der Waals surface area (Å²) in [4.78, 5) is 14.7. The molecule has 20 heavy (non-hydrogen) atoms. The number of hydrogen-bond acceptors (Lipinski definition) is 5. The van der Waals surface area contributed by atoms with E-state index >= 15 is 0 Å². The predicted octanol–water partition coefficient (Wildman–Crippen LogP) is 3.57. The van der Waals surface area contributed by atoms with Gasteiger partial charge in [0.25, 0.3) is 5.69 Å². The van der Waals surface area contributed by atoms with Gasteiger partial charge in [-0.1, -0.05) is 18.5 Å². The molecule has 0 fully saturated rings. The van der Waals surface area contributed by atoms with Crippen LogP contribution in [0.2, 0.25) is 5.02 Å². The summed E-state index contributed by atoms with van der Waals surface area (Å²) in [5.74, 6) is 0.846. The average molecular weight is 296 g/mol. The normalized spacial score (nSPS) is 12.3. The van der Waals surface area contributed by atoms with E-state index in [0.717, 1.165) is 6.54 Å². The number of hydrogen-bond donors (Lipinski definition) is 1. The Morgan fingerprint density at radius 1 is 1.55 bits per heavy atom. The van der Waals surface area contributed by atoms with Crippen LogP contribution in [0.5, 0.6) is 0 Å². The Morgan fingerprint density at radius 3 is 2.95 bits per heavy atom. The molecular weight excluding hydrogens is 282 g/mol. The number of rotatable bonds is 5. The second-order valence-corrected chi connectivity index (χ2v) is 4.70. The Bertz CT molecular complexity index is 627. The zero-order chi connectivity index (χ0) is 14.7. The van der Waals surface area contributed by atoms with Crippen LogP contribution in [0.1, 0.15) is 25.8 Å². The second-order valence-electron chi connectivity index (χ2n) is 4.26. The van der Waals surface area contributed by atoms with E-state index in [2.05, 4.69) is 10.3 Å². The van der Waals surface area contributed by atoms with Gasteiger partial charge >= 0.3 is 0 Å². The number of oxazole rings is 1. The number of nitro benzene ring substituents is 1. The van der Waals surface area contributed by atoms with Crippen LogP contribution in [0.4, 0.5) is 5.69 Å². The topological polar surface area (TPSA) is 81.2 Å². The van der Waals surface area contributed by atoms with Crippen molar-refractivity contribution >= 4 is 17.3 Å². The molecule has 0 spiro atoms. The minimum atomic E-state index is -0.489. The molecule has 1 aromatic carbocycles. The highest BCUT2D eigenvalue weighted by Gasteiger charge is 2.20. The molecule has 6 nitrogen and oxygen atoms in total. The zero-order valence-electron chi connectivity index (χ0n) is 11.1. The Kier molecular flexibility index (Phi) is 4.36. The first-order valence-corrected chi connectivity index (χ1v) is 6.54. The van der Waals surface area contributed by atoms with Crippen LogP contribution in [0.15, 0.2) is 28.8 Å². The molecule has 0 aliphatic carbocycles. The van der Waals surface area contributed by atoms with Crippen molar-refractivity contribution in [3.63, 3.8) is 0 Å². The lowest BCUT2D eigenvalue weighted by molar-refractivity contribution is -0.384. The van der Waals surface area contributed by atoms with E-state index in [1.54, 1.807) is 12.1 Å². The molecule has 0 saturated heterocycles. The summed E-state index contributed by atoms with van der Waals surface area (Å²) in [5, 5.41) is 14.5. The third kappa shape index (κ3) is 2.97. The molecule has 1 atom stereocenters. The highest BCUT2D eigenvalue weighted by Crippen LogP contribution is 2.33. The maximum atomic E-state index is 11.1. The summed E-state index contributed by atoms with van der Waals surface area (Å²) >= 11 is 5.78. The molecule has 1 aromatic heterocycles. The van der Waals surface area contributed by atoms with Crippen LogP contribution in [0.3, 0.4) is 0 Å². The van der Waals surface area contributed by atoms with Crippen molar-refractivity contribution in [2.45, 2.75) is 19.9 Å². The molecule has 106 valence electrons. The minimum Gasteiger partial charge on any atom is -0.439 e. The van der Waals surface area contributed by atoms with E-state index in [-0.39, 0.29) is 11.7 Å². The van der Waals surface area contributed by atoms with Gasteiger partial charge in [0.1, 0.15) is 0 Å². The van der Waals surface area contributed by atoms with Crippen LogP contribution in [-0.2, 0) is 0 Å². The molecule has 2 aromatic rings. The molecule has 0 saturated carbocycles. The summed E-state index contributed by atoms with van der Waals surface area (Å²) in [6, 6.07) is 4.38. The van der Waals surface area contributed by atoms with Crippen molar-refractivity contribution < 1.29 is 9.34 Å². The van der Waals surface area contributed by atoms with Gasteiger partial charge in [-0.05, 0) is 25.6 Å². The average Bonchev–Trinajstić information content (AvgIpc) is 2.88. The molecule has 7 heteroatoms. The highest BCUT2D eigenvalue weighted by atomic mass is 35.5. The summed E-state index contributed by atoms with van der Waals surface area (Å²) in [6.45, 7) is 4.67. The third-order valence-corrected chi connectivity index (χ3v) is 3.06. The molecule has 1 unspecified atom stereocenters. The molecule has 0 radical (unpaired) electrons. The van der Waals surface area contributed by atoms with Crippen LogP contribution in [0, 0.1) is 10.1 Å². The molecule has 2 rings (SSSR count). The Labute approximate surface area is 120 Å². The molecule has 0 bridgehead atoms. The Balaban J connectivity index is 2.40. The van der Waals surface area contributed by atoms with Gasteiger partial charge in [-0.2, -0.15) is 0 Å². The maximum Gasteiger partial charge on any atom is 0.281 e. The standard InChI is InChI=1S/C13H14ClN3O3/c1-3-15-8(2)13-16-7-12(20-13)10-5-4-9(14)6-11(10)17(18)19/h4-8,15H,3H2,1-2H3. The van der Waals surface area contributed by atoms with Crippen LogP contribution < -0.4 is 5.32 Å². The van der Waals surface area contributed by atoms with Crippen molar-refractivity contribution in [1.29, 1.82) is 0 Å². The van der Waals surface area contributed by atoms with Crippen molar-refractivity contribution in [2.24, 2.45) is 0 Å². The summed E-state index contributed by atoms with van der Waals surface area (Å²) in [5.41, 5.74) is 0.262. The van der Waals surface area contributed by atoms with Gasteiger partial charge in [-0.25, -0.2) is 4.98 Å². The number of benzene rings is 1. The summed E-state index contributed by atoms with van der Waals surface area (Å²) < 4.78 is 5.59. The van der Waals surface area contributed by atoms with E-state index in [1.165, 1.54) is 12.3 Å². The second kappa shape index (κ2) is 6.02. The van der Waals surface area contributed by atoms with Crippen LogP contribution in [-0.4, -0.2) is 16.5 Å².